The van der Waals surface area contributed by atoms with Gasteiger partial charge in [-0.25, -0.2) is 0 Å². The molecule has 0 N–H and O–H groups in total. The van der Waals surface area contributed by atoms with Crippen LogP contribution in [0.1, 0.15) is 44.1 Å². The van der Waals surface area contributed by atoms with E-state index in [4.69, 9.17) is 0 Å². The minimum Gasteiger partial charge on any atom is -0.310 e. The summed E-state index contributed by atoms with van der Waals surface area (Å²) >= 11 is 0. The molecule has 0 saturated heterocycles. The second-order valence-corrected chi connectivity index (χ2v) is 17.6. The lowest BCUT2D eigenvalue weighted by molar-refractivity contribution is -0.162. The monoisotopic (exact) mass is 772 g/mol. The van der Waals surface area contributed by atoms with Crippen LogP contribution in [0.2, 0.25) is 0 Å². The van der Waals surface area contributed by atoms with E-state index in [1.54, 1.807) is 5.56 Å². The van der Waals surface area contributed by atoms with Crippen molar-refractivity contribution in [2.75, 3.05) is 4.90 Å². The van der Waals surface area contributed by atoms with Crippen LogP contribution in [-0.4, -0.2) is 4.57 Å². The zero-order valence-corrected chi connectivity index (χ0v) is 34.1. The second kappa shape index (κ2) is 14.0. The number of benzene rings is 8. The van der Waals surface area contributed by atoms with Crippen LogP contribution in [-0.2, 0) is 0 Å². The number of rotatable bonds is 9. The lowest BCUT2D eigenvalue weighted by atomic mass is 9.39. The summed E-state index contributed by atoms with van der Waals surface area (Å²) in [7, 11) is 0. The first-order valence-corrected chi connectivity index (χ1v) is 22.0. The average Bonchev–Trinajstić information content (AvgIpc) is 3.60. The molecule has 3 saturated carbocycles. The standard InChI is InChI=1S/C58H48N2/c1-2-58-43-36-44(58)38-54(58)53(37-43)50-21-7-6-19-48(50)41-17-14-18-42(35-41)49-20-8-11-24-55(49)59(45-29-27-40(28-30-45)39-15-4-3-5-16-39)46-31-33-47(34-32-46)60-56-25-12-9-22-51(56)52-23-10-13-26-57(52)60/h3-35,43-44,53-54H,2,36-38H2,1H3/t43-,44?,53?,54+,58?/m1/s1. The van der Waals surface area contributed by atoms with Gasteiger partial charge in [0, 0.05) is 33.4 Å². The summed E-state index contributed by atoms with van der Waals surface area (Å²) < 4.78 is 2.40. The number of hydrogen-bond donors (Lipinski definition) is 0. The normalized spacial score (nSPS) is 21.4. The van der Waals surface area contributed by atoms with Crippen LogP contribution in [0.5, 0.6) is 0 Å². The van der Waals surface area contributed by atoms with Gasteiger partial charge < -0.3 is 9.47 Å². The minimum atomic E-state index is 0.628. The van der Waals surface area contributed by atoms with Gasteiger partial charge in [-0.3, -0.25) is 0 Å². The average molecular weight is 773 g/mol. The van der Waals surface area contributed by atoms with Crippen molar-refractivity contribution in [2.45, 2.75) is 38.5 Å². The van der Waals surface area contributed by atoms with E-state index >= 15 is 0 Å². The largest absolute Gasteiger partial charge is 0.310 e. The third kappa shape index (κ3) is 5.33. The van der Waals surface area contributed by atoms with Crippen LogP contribution < -0.4 is 4.90 Å². The van der Waals surface area contributed by atoms with Crippen molar-refractivity contribution in [1.82, 2.24) is 4.57 Å². The van der Waals surface area contributed by atoms with Crippen molar-refractivity contribution < 1.29 is 0 Å². The van der Waals surface area contributed by atoms with Crippen molar-refractivity contribution in [3.63, 3.8) is 0 Å². The molecular weight excluding hydrogens is 725 g/mol. The maximum Gasteiger partial charge on any atom is 0.0541 e. The highest BCUT2D eigenvalue weighted by atomic mass is 15.1. The Labute approximate surface area is 353 Å². The van der Waals surface area contributed by atoms with Crippen molar-refractivity contribution in [3.05, 3.63) is 206 Å². The Balaban J connectivity index is 0.962. The highest BCUT2D eigenvalue weighted by molar-refractivity contribution is 6.09. The van der Waals surface area contributed by atoms with E-state index in [1.807, 2.05) is 0 Å². The number of para-hydroxylation sites is 3. The number of nitrogens with zero attached hydrogens (tertiary/aromatic N) is 2. The molecule has 60 heavy (non-hydrogen) atoms. The van der Waals surface area contributed by atoms with Crippen molar-refractivity contribution >= 4 is 38.9 Å². The molecule has 0 bridgehead atoms. The van der Waals surface area contributed by atoms with Gasteiger partial charge in [-0.2, -0.15) is 0 Å². The van der Waals surface area contributed by atoms with Crippen LogP contribution in [0.3, 0.4) is 0 Å². The molecule has 3 aliphatic rings. The number of anilines is 3. The van der Waals surface area contributed by atoms with E-state index in [2.05, 4.69) is 217 Å². The molecule has 290 valence electrons. The van der Waals surface area contributed by atoms with Gasteiger partial charge in [0.1, 0.15) is 0 Å². The molecule has 0 radical (unpaired) electrons. The molecule has 0 aliphatic heterocycles. The lowest BCUT2D eigenvalue weighted by Gasteiger charge is -2.65. The molecule has 3 unspecified atom stereocenters. The van der Waals surface area contributed by atoms with E-state index in [0.29, 0.717) is 11.3 Å². The van der Waals surface area contributed by atoms with Gasteiger partial charge in [-0.05, 0) is 149 Å². The molecule has 5 atom stereocenters. The summed E-state index contributed by atoms with van der Waals surface area (Å²) in [5.41, 5.74) is 16.7. The van der Waals surface area contributed by atoms with Gasteiger partial charge in [0.05, 0.1) is 16.7 Å². The Morgan fingerprint density at radius 3 is 1.72 bits per heavy atom. The quantitative estimate of drug-likeness (QED) is 0.142. The molecular formula is C58H48N2. The molecule has 12 rings (SSSR count). The molecule has 3 aliphatic carbocycles. The summed E-state index contributed by atoms with van der Waals surface area (Å²) in [4.78, 5) is 2.44. The summed E-state index contributed by atoms with van der Waals surface area (Å²) in [5, 5.41) is 2.54. The highest BCUT2D eigenvalue weighted by Gasteiger charge is 2.71. The Morgan fingerprint density at radius 1 is 0.483 bits per heavy atom. The van der Waals surface area contributed by atoms with Crippen LogP contribution in [0, 0.1) is 23.2 Å². The predicted octanol–water partition coefficient (Wildman–Crippen LogP) is 15.8. The zero-order chi connectivity index (χ0) is 39.8. The van der Waals surface area contributed by atoms with Crippen LogP contribution >= 0.6 is 0 Å². The fourth-order valence-electron chi connectivity index (χ4n) is 12.4. The predicted molar refractivity (Wildman–Crippen MR) is 252 cm³/mol. The fourth-order valence-corrected chi connectivity index (χ4v) is 12.4. The van der Waals surface area contributed by atoms with Crippen LogP contribution in [0.15, 0.2) is 200 Å². The smallest absolute Gasteiger partial charge is 0.0541 e. The van der Waals surface area contributed by atoms with E-state index in [0.717, 1.165) is 40.5 Å². The molecule has 2 nitrogen and oxygen atoms in total. The molecule has 9 aromatic rings. The molecule has 1 heterocycles. The first kappa shape index (κ1) is 35.3. The molecule has 2 heteroatoms. The zero-order valence-electron chi connectivity index (χ0n) is 34.1. The third-order valence-electron chi connectivity index (χ3n) is 15.1. The molecule has 0 spiro atoms. The lowest BCUT2D eigenvalue weighted by Crippen LogP contribution is -2.58. The van der Waals surface area contributed by atoms with Crippen LogP contribution in [0.4, 0.5) is 17.1 Å². The summed E-state index contributed by atoms with van der Waals surface area (Å²) in [6, 6.07) is 74.0. The Kier molecular flexibility index (Phi) is 8.23. The van der Waals surface area contributed by atoms with E-state index in [9.17, 15) is 0 Å². The number of hydrogen-bond acceptors (Lipinski definition) is 1. The number of fused-ring (bicyclic) bond motifs is 3. The third-order valence-corrected chi connectivity index (χ3v) is 15.1. The Hall–Kier alpha value is -6.64. The van der Waals surface area contributed by atoms with Crippen molar-refractivity contribution in [1.29, 1.82) is 0 Å². The van der Waals surface area contributed by atoms with Gasteiger partial charge >= 0.3 is 0 Å². The summed E-state index contributed by atoms with van der Waals surface area (Å²) in [6.45, 7) is 2.46. The van der Waals surface area contributed by atoms with Gasteiger partial charge in [-0.1, -0.05) is 146 Å². The van der Waals surface area contributed by atoms with Gasteiger partial charge in [0.2, 0.25) is 0 Å². The van der Waals surface area contributed by atoms with E-state index < -0.39 is 0 Å². The molecule has 3 fully saturated rings. The SMILES string of the molecule is CCC12C3C[C@@H]1CC(c1ccccc1-c1cccc(-c4ccccc4N(c4ccc(-c5ccccc5)cc4)c4ccc(-n5c6ccccc6c6ccccc65)cc4)c1)[C@@H]2C3. The fraction of sp³-hybridized carbons (Fsp3) is 0.172. The van der Waals surface area contributed by atoms with Crippen LogP contribution in [0.25, 0.3) is 60.9 Å². The Bertz CT molecular complexity index is 2980. The van der Waals surface area contributed by atoms with Gasteiger partial charge in [0.25, 0.3) is 0 Å². The van der Waals surface area contributed by atoms with Crippen molar-refractivity contribution in [3.8, 4) is 39.1 Å². The number of aromatic nitrogens is 1. The first-order valence-electron chi connectivity index (χ1n) is 22.0. The maximum absolute atomic E-state index is 2.46. The van der Waals surface area contributed by atoms with Gasteiger partial charge in [0.15, 0.2) is 0 Å². The van der Waals surface area contributed by atoms with E-state index in [-0.39, 0.29) is 0 Å². The topological polar surface area (TPSA) is 8.17 Å². The Morgan fingerprint density at radius 2 is 1.03 bits per heavy atom. The molecule has 8 aromatic carbocycles. The second-order valence-electron chi connectivity index (χ2n) is 17.6. The summed E-state index contributed by atoms with van der Waals surface area (Å²) in [6.07, 6.45) is 5.61. The maximum atomic E-state index is 2.46. The minimum absolute atomic E-state index is 0.628. The van der Waals surface area contributed by atoms with Crippen molar-refractivity contribution in [2.24, 2.45) is 23.2 Å². The molecule has 1 aromatic heterocycles. The van der Waals surface area contributed by atoms with E-state index in [1.165, 1.54) is 80.9 Å². The highest BCUT2D eigenvalue weighted by Crippen LogP contribution is 2.79. The molecule has 0 amide bonds. The summed E-state index contributed by atoms with van der Waals surface area (Å²) in [5.74, 6) is 3.42. The van der Waals surface area contributed by atoms with Gasteiger partial charge in [-0.15, -0.1) is 0 Å². The first-order chi connectivity index (χ1) is 29.7.